The Morgan fingerprint density at radius 3 is 3.00 bits per heavy atom. The lowest BCUT2D eigenvalue weighted by Crippen LogP contribution is -2.50. The lowest BCUT2D eigenvalue weighted by Gasteiger charge is -2.29. The second kappa shape index (κ2) is 5.12. The molecule has 1 aromatic rings. The van der Waals surface area contributed by atoms with Crippen LogP contribution in [0.1, 0.15) is 25.7 Å². The summed E-state index contributed by atoms with van der Waals surface area (Å²) in [6.07, 6.45) is 7.77. The predicted molar refractivity (Wildman–Crippen MR) is 60.6 cm³/mol. The minimum Gasteiger partial charge on any atom is -0.350 e. The first-order valence-electron chi connectivity index (χ1n) is 5.78. The van der Waals surface area contributed by atoms with Crippen molar-refractivity contribution in [1.82, 2.24) is 15.1 Å². The summed E-state index contributed by atoms with van der Waals surface area (Å²) in [5, 5.41) is 6.98. The second-order valence-electron chi connectivity index (χ2n) is 4.33. The molecule has 0 bridgehead atoms. The van der Waals surface area contributed by atoms with Crippen LogP contribution in [-0.2, 0) is 11.3 Å². The Balaban J connectivity index is 1.82. The number of carbonyl (C=O) groups excluding carboxylic acids is 1. The summed E-state index contributed by atoms with van der Waals surface area (Å²) < 4.78 is 1.61. The van der Waals surface area contributed by atoms with Crippen LogP contribution >= 0.6 is 0 Å². The maximum Gasteiger partial charge on any atom is 0.242 e. The van der Waals surface area contributed by atoms with Crippen molar-refractivity contribution in [3.8, 4) is 0 Å². The summed E-state index contributed by atoms with van der Waals surface area (Å²) in [5.41, 5.74) is 5.96. The molecular weight excluding hydrogens is 204 g/mol. The van der Waals surface area contributed by atoms with Gasteiger partial charge < -0.3 is 11.1 Å². The van der Waals surface area contributed by atoms with E-state index in [0.29, 0.717) is 0 Å². The van der Waals surface area contributed by atoms with Crippen molar-refractivity contribution >= 4 is 5.91 Å². The Kier molecular flexibility index (Phi) is 3.56. The van der Waals surface area contributed by atoms with E-state index in [1.54, 1.807) is 23.1 Å². The minimum absolute atomic E-state index is 0.00829. The van der Waals surface area contributed by atoms with Gasteiger partial charge in [-0.3, -0.25) is 9.48 Å². The average molecular weight is 222 g/mol. The molecule has 1 fully saturated rings. The molecule has 1 aromatic heterocycles. The van der Waals surface area contributed by atoms with Gasteiger partial charge in [0.2, 0.25) is 5.91 Å². The van der Waals surface area contributed by atoms with Gasteiger partial charge in [-0.25, -0.2) is 0 Å². The highest BCUT2D eigenvalue weighted by Gasteiger charge is 2.23. The highest BCUT2D eigenvalue weighted by atomic mass is 16.2. The molecular formula is C11H18N4O. The van der Waals surface area contributed by atoms with Gasteiger partial charge in [-0.05, 0) is 18.9 Å². The van der Waals surface area contributed by atoms with E-state index in [1.807, 2.05) is 0 Å². The molecule has 0 aliphatic heterocycles. The molecule has 5 nitrogen and oxygen atoms in total. The third-order valence-corrected chi connectivity index (χ3v) is 3.03. The van der Waals surface area contributed by atoms with Crippen LogP contribution in [-0.4, -0.2) is 27.8 Å². The van der Waals surface area contributed by atoms with Crippen molar-refractivity contribution in [1.29, 1.82) is 0 Å². The topological polar surface area (TPSA) is 72.9 Å². The van der Waals surface area contributed by atoms with Gasteiger partial charge in [0.1, 0.15) is 6.54 Å². The Morgan fingerprint density at radius 1 is 1.50 bits per heavy atom. The van der Waals surface area contributed by atoms with Crippen LogP contribution in [0.15, 0.2) is 18.5 Å². The van der Waals surface area contributed by atoms with Crippen LogP contribution < -0.4 is 11.1 Å². The highest BCUT2D eigenvalue weighted by Crippen LogP contribution is 2.16. The molecule has 0 spiro atoms. The van der Waals surface area contributed by atoms with Gasteiger partial charge in [0.15, 0.2) is 0 Å². The number of carbonyl (C=O) groups is 1. The van der Waals surface area contributed by atoms with Crippen molar-refractivity contribution in [3.63, 3.8) is 0 Å². The van der Waals surface area contributed by atoms with Gasteiger partial charge >= 0.3 is 0 Å². The van der Waals surface area contributed by atoms with Gasteiger partial charge in [0.05, 0.1) is 0 Å². The number of nitrogens with two attached hydrogens (primary N) is 1. The average Bonchev–Trinajstić information content (AvgIpc) is 2.74. The largest absolute Gasteiger partial charge is 0.350 e. The fourth-order valence-corrected chi connectivity index (χ4v) is 2.13. The normalized spacial score (nSPS) is 25.3. The lowest BCUT2D eigenvalue weighted by molar-refractivity contribution is -0.122. The van der Waals surface area contributed by atoms with Crippen LogP contribution in [0.25, 0.3) is 0 Å². The van der Waals surface area contributed by atoms with Gasteiger partial charge in [-0.15, -0.1) is 0 Å². The molecule has 1 amide bonds. The summed E-state index contributed by atoms with van der Waals surface area (Å²) in [6, 6.07) is 2.05. The SMILES string of the molecule is NC1CCCCC1NC(=O)Cn1cccn1. The number of aromatic nitrogens is 2. The Labute approximate surface area is 95.0 Å². The molecule has 1 heterocycles. The fourth-order valence-electron chi connectivity index (χ4n) is 2.13. The van der Waals surface area contributed by atoms with Crippen molar-refractivity contribution in [2.24, 2.45) is 5.73 Å². The van der Waals surface area contributed by atoms with E-state index in [1.165, 1.54) is 6.42 Å². The standard InChI is InChI=1S/C11H18N4O/c12-9-4-1-2-5-10(9)14-11(16)8-15-7-3-6-13-15/h3,6-7,9-10H,1-2,4-5,8,12H2,(H,14,16). The van der Waals surface area contributed by atoms with Crippen molar-refractivity contribution < 1.29 is 4.79 Å². The molecule has 2 rings (SSSR count). The first-order chi connectivity index (χ1) is 7.75. The van der Waals surface area contributed by atoms with Crippen LogP contribution in [0.4, 0.5) is 0 Å². The van der Waals surface area contributed by atoms with Crippen molar-refractivity contribution in [3.05, 3.63) is 18.5 Å². The predicted octanol–water partition coefficient (Wildman–Crippen LogP) is 0.269. The third-order valence-electron chi connectivity index (χ3n) is 3.03. The number of nitrogens with zero attached hydrogens (tertiary/aromatic N) is 2. The van der Waals surface area contributed by atoms with E-state index < -0.39 is 0 Å². The molecule has 1 saturated carbocycles. The minimum atomic E-state index is -0.00829. The summed E-state index contributed by atoms with van der Waals surface area (Å²) in [4.78, 5) is 11.7. The number of hydrogen-bond donors (Lipinski definition) is 2. The summed E-state index contributed by atoms with van der Waals surface area (Å²) in [7, 11) is 0. The molecule has 0 radical (unpaired) electrons. The summed E-state index contributed by atoms with van der Waals surface area (Å²) in [5.74, 6) is -0.00829. The Bertz CT molecular complexity index is 336. The van der Waals surface area contributed by atoms with Gasteiger partial charge in [-0.1, -0.05) is 12.8 Å². The summed E-state index contributed by atoms with van der Waals surface area (Å²) >= 11 is 0. The molecule has 88 valence electrons. The van der Waals surface area contributed by atoms with Crippen LogP contribution in [0, 0.1) is 0 Å². The molecule has 0 saturated heterocycles. The van der Waals surface area contributed by atoms with E-state index in [0.717, 1.165) is 19.3 Å². The molecule has 0 aromatic carbocycles. The first kappa shape index (κ1) is 11.1. The quantitative estimate of drug-likeness (QED) is 0.771. The fraction of sp³-hybridized carbons (Fsp3) is 0.636. The van der Waals surface area contributed by atoms with Gasteiger partial charge in [0.25, 0.3) is 0 Å². The number of nitrogens with one attached hydrogen (secondary N) is 1. The monoisotopic (exact) mass is 222 g/mol. The lowest BCUT2D eigenvalue weighted by atomic mass is 9.91. The van der Waals surface area contributed by atoms with E-state index in [2.05, 4.69) is 10.4 Å². The van der Waals surface area contributed by atoms with E-state index in [4.69, 9.17) is 5.73 Å². The van der Waals surface area contributed by atoms with E-state index in [9.17, 15) is 4.79 Å². The highest BCUT2D eigenvalue weighted by molar-refractivity contribution is 5.76. The van der Waals surface area contributed by atoms with E-state index >= 15 is 0 Å². The maximum atomic E-state index is 11.7. The summed E-state index contributed by atoms with van der Waals surface area (Å²) in [6.45, 7) is 0.274. The number of hydrogen-bond acceptors (Lipinski definition) is 3. The van der Waals surface area contributed by atoms with Crippen LogP contribution in [0.3, 0.4) is 0 Å². The van der Waals surface area contributed by atoms with Crippen LogP contribution in [0.2, 0.25) is 0 Å². The van der Waals surface area contributed by atoms with E-state index in [-0.39, 0.29) is 24.5 Å². The maximum absolute atomic E-state index is 11.7. The second-order valence-corrected chi connectivity index (χ2v) is 4.33. The Hall–Kier alpha value is -1.36. The smallest absolute Gasteiger partial charge is 0.242 e. The number of rotatable bonds is 3. The molecule has 3 N–H and O–H groups in total. The third kappa shape index (κ3) is 2.82. The van der Waals surface area contributed by atoms with Crippen molar-refractivity contribution in [2.75, 3.05) is 0 Å². The Morgan fingerprint density at radius 2 is 2.31 bits per heavy atom. The molecule has 1 aliphatic carbocycles. The molecule has 1 aliphatic rings. The molecule has 16 heavy (non-hydrogen) atoms. The molecule has 2 atom stereocenters. The van der Waals surface area contributed by atoms with Gasteiger partial charge in [-0.2, -0.15) is 5.10 Å². The van der Waals surface area contributed by atoms with Crippen LogP contribution in [0.5, 0.6) is 0 Å². The first-order valence-corrected chi connectivity index (χ1v) is 5.78. The zero-order valence-corrected chi connectivity index (χ0v) is 9.30. The van der Waals surface area contributed by atoms with Crippen molar-refractivity contribution in [2.45, 2.75) is 44.3 Å². The number of amides is 1. The van der Waals surface area contributed by atoms with Gasteiger partial charge in [0, 0.05) is 24.5 Å². The molecule has 2 unspecified atom stereocenters. The molecule has 5 heteroatoms. The zero-order valence-electron chi connectivity index (χ0n) is 9.30. The zero-order chi connectivity index (χ0) is 11.4.